The van der Waals surface area contributed by atoms with E-state index in [4.69, 9.17) is 21.1 Å². The van der Waals surface area contributed by atoms with E-state index in [9.17, 15) is 4.79 Å². The highest BCUT2D eigenvalue weighted by Crippen LogP contribution is 2.28. The van der Waals surface area contributed by atoms with Crippen LogP contribution < -0.4 is 15.4 Å². The zero-order valence-corrected chi connectivity index (χ0v) is 14.3. The van der Waals surface area contributed by atoms with Gasteiger partial charge in [0.15, 0.2) is 0 Å². The van der Waals surface area contributed by atoms with E-state index in [0.29, 0.717) is 24.0 Å². The first-order valence-corrected chi connectivity index (χ1v) is 8.36. The molecule has 1 atom stereocenters. The summed E-state index contributed by atoms with van der Waals surface area (Å²) in [5, 5.41) is 5.51. The number of benzene rings is 1. The zero-order valence-electron chi connectivity index (χ0n) is 12.8. The fourth-order valence-corrected chi connectivity index (χ4v) is 3.04. The van der Waals surface area contributed by atoms with Crippen molar-refractivity contribution in [2.45, 2.75) is 6.10 Å². The highest BCUT2D eigenvalue weighted by Gasteiger charge is 2.14. The van der Waals surface area contributed by atoms with Crippen molar-refractivity contribution in [3.05, 3.63) is 51.7 Å². The van der Waals surface area contributed by atoms with Gasteiger partial charge in [0.25, 0.3) is 0 Å². The summed E-state index contributed by atoms with van der Waals surface area (Å²) < 4.78 is 11.6. The second-order valence-corrected chi connectivity index (χ2v) is 6.41. The Morgan fingerprint density at radius 3 is 2.65 bits per heavy atom. The van der Waals surface area contributed by atoms with Gasteiger partial charge in [-0.1, -0.05) is 29.8 Å². The molecule has 2 N–H and O–H groups in total. The number of methoxy groups -OCH3 is 1. The van der Waals surface area contributed by atoms with E-state index in [2.05, 4.69) is 10.6 Å². The van der Waals surface area contributed by atoms with Crippen LogP contribution in [0.15, 0.2) is 42.5 Å². The Hall–Kier alpha value is -1.76. The molecule has 0 bridgehead atoms. The SMILES string of the molecule is COC(CNC(=O)NCCOc1ccccc1)c1ccc(Cl)s1. The largest absolute Gasteiger partial charge is 0.492 e. The van der Waals surface area contributed by atoms with Crippen LogP contribution in [0.5, 0.6) is 5.75 Å². The van der Waals surface area contributed by atoms with E-state index in [-0.39, 0.29) is 12.1 Å². The van der Waals surface area contributed by atoms with E-state index in [1.807, 2.05) is 42.5 Å². The van der Waals surface area contributed by atoms with Crippen LogP contribution in [0.1, 0.15) is 11.0 Å². The van der Waals surface area contributed by atoms with Gasteiger partial charge in [-0.25, -0.2) is 4.79 Å². The summed E-state index contributed by atoms with van der Waals surface area (Å²) in [7, 11) is 1.60. The Morgan fingerprint density at radius 1 is 1.22 bits per heavy atom. The van der Waals surface area contributed by atoms with Crippen LogP contribution in [0.4, 0.5) is 4.79 Å². The molecular formula is C16H19ClN2O3S. The monoisotopic (exact) mass is 354 g/mol. The van der Waals surface area contributed by atoms with Crippen molar-refractivity contribution in [1.82, 2.24) is 10.6 Å². The van der Waals surface area contributed by atoms with Gasteiger partial charge in [-0.2, -0.15) is 0 Å². The minimum atomic E-state index is -0.258. The van der Waals surface area contributed by atoms with Gasteiger partial charge in [0.05, 0.1) is 17.4 Å². The lowest BCUT2D eigenvalue weighted by Crippen LogP contribution is -2.39. The van der Waals surface area contributed by atoms with Gasteiger partial charge in [0.2, 0.25) is 0 Å². The first-order valence-electron chi connectivity index (χ1n) is 7.16. The van der Waals surface area contributed by atoms with Crippen molar-refractivity contribution >= 4 is 29.0 Å². The van der Waals surface area contributed by atoms with Crippen molar-refractivity contribution < 1.29 is 14.3 Å². The molecule has 1 heterocycles. The molecule has 2 aromatic rings. The highest BCUT2D eigenvalue weighted by atomic mass is 35.5. The lowest BCUT2D eigenvalue weighted by Gasteiger charge is -2.15. The van der Waals surface area contributed by atoms with E-state index >= 15 is 0 Å². The molecule has 0 aliphatic carbocycles. The lowest BCUT2D eigenvalue weighted by molar-refractivity contribution is 0.107. The van der Waals surface area contributed by atoms with Crippen molar-refractivity contribution in [1.29, 1.82) is 0 Å². The summed E-state index contributed by atoms with van der Waals surface area (Å²) in [5.41, 5.74) is 0. The van der Waals surface area contributed by atoms with Crippen LogP contribution in [-0.2, 0) is 4.74 Å². The molecule has 1 aromatic heterocycles. The Balaban J connectivity index is 1.64. The summed E-state index contributed by atoms with van der Waals surface area (Å²) in [6.45, 7) is 1.20. The molecule has 124 valence electrons. The number of thiophene rings is 1. The van der Waals surface area contributed by atoms with E-state index in [1.54, 1.807) is 7.11 Å². The van der Waals surface area contributed by atoms with Crippen molar-refractivity contribution in [2.24, 2.45) is 0 Å². The third-order valence-electron chi connectivity index (χ3n) is 3.04. The topological polar surface area (TPSA) is 59.6 Å². The molecule has 0 aliphatic heterocycles. The summed E-state index contributed by atoms with van der Waals surface area (Å²) in [6.07, 6.45) is -0.209. The molecule has 0 aliphatic rings. The predicted octanol–water partition coefficient (Wildman–Crippen LogP) is 3.47. The van der Waals surface area contributed by atoms with Gasteiger partial charge in [0.1, 0.15) is 18.5 Å². The summed E-state index contributed by atoms with van der Waals surface area (Å²) >= 11 is 7.35. The number of urea groups is 1. The second kappa shape index (κ2) is 9.39. The Bertz CT molecular complexity index is 606. The van der Waals surface area contributed by atoms with E-state index in [1.165, 1.54) is 11.3 Å². The number of carbonyl (C=O) groups excluding carboxylic acids is 1. The third kappa shape index (κ3) is 6.09. The maximum Gasteiger partial charge on any atom is 0.315 e. The smallest absolute Gasteiger partial charge is 0.315 e. The Kier molecular flexibility index (Phi) is 7.19. The van der Waals surface area contributed by atoms with Crippen LogP contribution in [-0.4, -0.2) is 32.8 Å². The molecule has 2 amide bonds. The molecule has 2 rings (SSSR count). The number of carbonyl (C=O) groups is 1. The highest BCUT2D eigenvalue weighted by molar-refractivity contribution is 7.16. The van der Waals surface area contributed by atoms with Gasteiger partial charge < -0.3 is 20.1 Å². The van der Waals surface area contributed by atoms with Gasteiger partial charge in [-0.3, -0.25) is 0 Å². The molecule has 23 heavy (non-hydrogen) atoms. The maximum atomic E-state index is 11.8. The molecule has 0 saturated carbocycles. The minimum Gasteiger partial charge on any atom is -0.492 e. The quantitative estimate of drug-likeness (QED) is 0.714. The van der Waals surface area contributed by atoms with E-state index < -0.39 is 0 Å². The van der Waals surface area contributed by atoms with E-state index in [0.717, 1.165) is 10.6 Å². The Labute approximate surface area is 144 Å². The standard InChI is InChI=1S/C16H19ClN2O3S/c1-21-13(14-7-8-15(17)23-14)11-19-16(20)18-9-10-22-12-5-3-2-4-6-12/h2-8,13H,9-11H2,1H3,(H2,18,19,20). The molecule has 0 saturated heterocycles. The molecule has 0 spiro atoms. The molecule has 1 aromatic carbocycles. The summed E-state index contributed by atoms with van der Waals surface area (Å²) in [5.74, 6) is 0.781. The molecule has 0 radical (unpaired) electrons. The van der Waals surface area contributed by atoms with Gasteiger partial charge in [0, 0.05) is 12.0 Å². The van der Waals surface area contributed by atoms with Crippen LogP contribution >= 0.6 is 22.9 Å². The van der Waals surface area contributed by atoms with Gasteiger partial charge >= 0.3 is 6.03 Å². The average molecular weight is 355 g/mol. The second-order valence-electron chi connectivity index (χ2n) is 4.66. The fourth-order valence-electron chi connectivity index (χ4n) is 1.90. The number of nitrogens with one attached hydrogen (secondary N) is 2. The van der Waals surface area contributed by atoms with Crippen LogP contribution in [0, 0.1) is 0 Å². The number of rotatable bonds is 8. The number of halogens is 1. The van der Waals surface area contributed by atoms with Crippen molar-refractivity contribution in [2.75, 3.05) is 26.8 Å². The lowest BCUT2D eigenvalue weighted by atomic mass is 10.3. The maximum absolute atomic E-state index is 11.8. The number of para-hydroxylation sites is 1. The number of amides is 2. The predicted molar refractivity (Wildman–Crippen MR) is 92.4 cm³/mol. The Morgan fingerprint density at radius 2 is 2.00 bits per heavy atom. The molecule has 7 heteroatoms. The number of hydrogen-bond donors (Lipinski definition) is 2. The summed E-state index contributed by atoms with van der Waals surface area (Å²) in [4.78, 5) is 12.7. The normalized spacial score (nSPS) is 11.7. The van der Waals surface area contributed by atoms with Crippen molar-refractivity contribution in [3.8, 4) is 5.75 Å². The molecule has 5 nitrogen and oxygen atoms in total. The van der Waals surface area contributed by atoms with Crippen LogP contribution in [0.2, 0.25) is 4.34 Å². The molecule has 1 unspecified atom stereocenters. The summed E-state index contributed by atoms with van der Waals surface area (Å²) in [6, 6.07) is 12.9. The fraction of sp³-hybridized carbons (Fsp3) is 0.312. The minimum absolute atomic E-state index is 0.209. The average Bonchev–Trinajstić information content (AvgIpc) is 2.99. The molecular weight excluding hydrogens is 336 g/mol. The molecule has 0 fully saturated rings. The first-order chi connectivity index (χ1) is 11.2. The number of hydrogen-bond acceptors (Lipinski definition) is 4. The number of ether oxygens (including phenoxy) is 2. The van der Waals surface area contributed by atoms with Crippen LogP contribution in [0.25, 0.3) is 0 Å². The van der Waals surface area contributed by atoms with Gasteiger partial charge in [-0.15, -0.1) is 11.3 Å². The zero-order chi connectivity index (χ0) is 16.5. The van der Waals surface area contributed by atoms with Crippen LogP contribution in [0.3, 0.4) is 0 Å². The first kappa shape index (κ1) is 17.6. The van der Waals surface area contributed by atoms with Gasteiger partial charge in [-0.05, 0) is 24.3 Å². The third-order valence-corrected chi connectivity index (χ3v) is 4.37. The van der Waals surface area contributed by atoms with Crippen molar-refractivity contribution in [3.63, 3.8) is 0 Å².